The lowest BCUT2D eigenvalue weighted by Gasteiger charge is -2.18. The van der Waals surface area contributed by atoms with Crippen molar-refractivity contribution in [3.63, 3.8) is 0 Å². The molecule has 0 aliphatic carbocycles. The highest BCUT2D eigenvalue weighted by atomic mass is 35.5. The molecule has 1 aromatic carbocycles. The molecule has 2 rings (SSSR count). The van der Waals surface area contributed by atoms with Crippen LogP contribution in [-0.2, 0) is 26.1 Å². The Morgan fingerprint density at radius 3 is 2.65 bits per heavy atom. The summed E-state index contributed by atoms with van der Waals surface area (Å²) in [6.07, 6.45) is 1.40. The monoisotopic (exact) mass is 476 g/mol. The van der Waals surface area contributed by atoms with E-state index in [1.54, 1.807) is 12.1 Å². The van der Waals surface area contributed by atoms with Crippen molar-refractivity contribution in [1.29, 1.82) is 0 Å². The van der Waals surface area contributed by atoms with Gasteiger partial charge >= 0.3 is 5.97 Å². The van der Waals surface area contributed by atoms with E-state index >= 15 is 0 Å². The first kappa shape index (κ1) is 23.9. The molecule has 13 nitrogen and oxygen atoms in total. The van der Waals surface area contributed by atoms with Gasteiger partial charge in [0.05, 0.1) is 41.8 Å². The van der Waals surface area contributed by atoms with Gasteiger partial charge in [-0.3, -0.25) is 4.79 Å². The molecule has 0 atom stereocenters. The minimum absolute atomic E-state index is 0.00718. The summed E-state index contributed by atoms with van der Waals surface area (Å²) in [5.41, 5.74) is -0.941. The molecule has 1 amide bonds. The normalized spacial score (nSPS) is 10.9. The quantitative estimate of drug-likeness (QED) is 0.192. The van der Waals surface area contributed by atoms with Gasteiger partial charge in [-0.15, -0.1) is 10.1 Å². The second kappa shape index (κ2) is 10.1. The van der Waals surface area contributed by atoms with Crippen LogP contribution in [0.3, 0.4) is 0 Å². The summed E-state index contributed by atoms with van der Waals surface area (Å²) in [6, 6.07) is 4.10. The fraction of sp³-hybridized carbons (Fsp3) is 0.250. The van der Waals surface area contributed by atoms with Gasteiger partial charge in [0.25, 0.3) is 11.0 Å². The van der Waals surface area contributed by atoms with Gasteiger partial charge in [0.15, 0.2) is 0 Å². The number of anilines is 1. The molecular weight excluding hydrogens is 460 g/mol. The minimum atomic E-state index is -4.45. The molecule has 4 N–H and O–H groups in total. The number of carbonyl (C=O) groups is 2. The SMILES string of the molecule is COC(=O)c1cc(S(N)(=O)=O)c(Cl)c(C(=O)NCCO[N+](=O)[O-])c1NCc1ccco1. The van der Waals surface area contributed by atoms with Crippen LogP contribution in [0, 0.1) is 10.1 Å². The van der Waals surface area contributed by atoms with E-state index in [4.69, 9.17) is 21.2 Å². The van der Waals surface area contributed by atoms with Crippen molar-refractivity contribution in [2.24, 2.45) is 5.14 Å². The largest absolute Gasteiger partial charge is 0.467 e. The number of primary sulfonamides is 1. The van der Waals surface area contributed by atoms with Crippen LogP contribution in [0.5, 0.6) is 0 Å². The molecule has 0 saturated heterocycles. The summed E-state index contributed by atoms with van der Waals surface area (Å²) < 4.78 is 33.8. The molecule has 168 valence electrons. The maximum absolute atomic E-state index is 12.8. The number of esters is 1. The fourth-order valence-electron chi connectivity index (χ4n) is 2.47. The van der Waals surface area contributed by atoms with Crippen molar-refractivity contribution >= 4 is 39.2 Å². The fourth-order valence-corrected chi connectivity index (χ4v) is 3.66. The molecule has 1 aromatic heterocycles. The van der Waals surface area contributed by atoms with Crippen LogP contribution < -0.4 is 15.8 Å². The van der Waals surface area contributed by atoms with Crippen LogP contribution in [0.1, 0.15) is 26.5 Å². The second-order valence-corrected chi connectivity index (χ2v) is 7.68. The summed E-state index contributed by atoms with van der Waals surface area (Å²) in [6.45, 7) is -0.808. The summed E-state index contributed by atoms with van der Waals surface area (Å²) in [5.74, 6) is -1.50. The molecule has 2 aromatic rings. The number of hydrogen-bond donors (Lipinski definition) is 3. The molecular formula is C16H17ClN4O9S. The number of methoxy groups -OCH3 is 1. The number of carbonyl (C=O) groups excluding carboxylic acids is 2. The predicted octanol–water partition coefficient (Wildman–Crippen LogP) is 0.917. The van der Waals surface area contributed by atoms with Gasteiger partial charge in [-0.05, 0) is 18.2 Å². The number of benzene rings is 1. The number of hydrogen-bond acceptors (Lipinski definition) is 10. The van der Waals surface area contributed by atoms with E-state index in [1.807, 2.05) is 0 Å². The number of nitrogens with two attached hydrogens (primary N) is 1. The summed E-state index contributed by atoms with van der Waals surface area (Å²) in [5, 5.41) is 18.9. The summed E-state index contributed by atoms with van der Waals surface area (Å²) in [4.78, 5) is 38.7. The molecule has 0 fully saturated rings. The Kier molecular flexibility index (Phi) is 7.79. The third kappa shape index (κ3) is 6.07. The Labute approximate surface area is 180 Å². The first-order chi connectivity index (χ1) is 14.6. The smallest absolute Gasteiger partial charge is 0.340 e. The van der Waals surface area contributed by atoms with Crippen molar-refractivity contribution in [3.05, 3.63) is 56.5 Å². The van der Waals surface area contributed by atoms with Crippen LogP contribution in [0.4, 0.5) is 5.69 Å². The van der Waals surface area contributed by atoms with E-state index in [9.17, 15) is 28.1 Å². The van der Waals surface area contributed by atoms with Crippen LogP contribution in [-0.4, -0.2) is 45.6 Å². The van der Waals surface area contributed by atoms with E-state index in [2.05, 4.69) is 20.2 Å². The van der Waals surface area contributed by atoms with Crippen LogP contribution in [0.25, 0.3) is 0 Å². The van der Waals surface area contributed by atoms with Gasteiger partial charge in [0.1, 0.15) is 17.3 Å². The maximum atomic E-state index is 12.8. The van der Waals surface area contributed by atoms with E-state index in [0.717, 1.165) is 13.2 Å². The van der Waals surface area contributed by atoms with Crippen molar-refractivity contribution < 1.29 is 37.1 Å². The van der Waals surface area contributed by atoms with E-state index < -0.39 is 49.1 Å². The first-order valence-electron chi connectivity index (χ1n) is 8.35. The van der Waals surface area contributed by atoms with Gasteiger partial charge in [-0.1, -0.05) is 11.6 Å². The van der Waals surface area contributed by atoms with Gasteiger partial charge in [0, 0.05) is 6.54 Å². The van der Waals surface area contributed by atoms with Crippen molar-refractivity contribution in [2.45, 2.75) is 11.4 Å². The van der Waals surface area contributed by atoms with Crippen LogP contribution in [0.2, 0.25) is 5.02 Å². The van der Waals surface area contributed by atoms with Crippen LogP contribution in [0.15, 0.2) is 33.8 Å². The average molecular weight is 477 g/mol. The number of halogens is 1. The second-order valence-electron chi connectivity index (χ2n) is 5.77. The molecule has 15 heteroatoms. The Balaban J connectivity index is 2.56. The lowest BCUT2D eigenvalue weighted by molar-refractivity contribution is -0.757. The van der Waals surface area contributed by atoms with Crippen molar-refractivity contribution in [3.8, 4) is 0 Å². The number of furan rings is 1. The zero-order chi connectivity index (χ0) is 23.2. The maximum Gasteiger partial charge on any atom is 0.340 e. The summed E-state index contributed by atoms with van der Waals surface area (Å²) in [7, 11) is -3.39. The van der Waals surface area contributed by atoms with Crippen LogP contribution >= 0.6 is 11.6 Å². The Morgan fingerprint density at radius 2 is 2.10 bits per heavy atom. The Bertz CT molecular complexity index is 1090. The van der Waals surface area contributed by atoms with Gasteiger partial charge < -0.3 is 24.6 Å². The first-order valence-corrected chi connectivity index (χ1v) is 10.3. The van der Waals surface area contributed by atoms with Crippen molar-refractivity contribution in [2.75, 3.05) is 25.6 Å². The highest BCUT2D eigenvalue weighted by Gasteiger charge is 2.29. The van der Waals surface area contributed by atoms with E-state index in [-0.39, 0.29) is 24.3 Å². The number of amides is 1. The third-order valence-corrected chi connectivity index (χ3v) is 5.21. The highest BCUT2D eigenvalue weighted by Crippen LogP contribution is 2.35. The van der Waals surface area contributed by atoms with E-state index in [1.165, 1.54) is 6.26 Å². The molecule has 0 bridgehead atoms. The molecule has 0 aliphatic heterocycles. The lowest BCUT2D eigenvalue weighted by atomic mass is 10.1. The van der Waals surface area contributed by atoms with Gasteiger partial charge in [-0.2, -0.15) is 0 Å². The topological polar surface area (TPSA) is 193 Å². The number of sulfonamides is 1. The average Bonchev–Trinajstić information content (AvgIpc) is 3.21. The third-order valence-electron chi connectivity index (χ3n) is 3.77. The molecule has 31 heavy (non-hydrogen) atoms. The zero-order valence-corrected chi connectivity index (χ0v) is 17.5. The minimum Gasteiger partial charge on any atom is -0.467 e. The highest BCUT2D eigenvalue weighted by molar-refractivity contribution is 7.89. The van der Waals surface area contributed by atoms with Crippen molar-refractivity contribution in [1.82, 2.24) is 5.32 Å². The standard InChI is InChI=1S/C16H17ClN4O9S/c1-28-16(23)10-7-11(31(18,26)27)13(17)12(15(22)19-4-6-30-21(24)25)14(10)20-8-9-3-2-5-29-9/h2-3,5,7,20H,4,6,8H2,1H3,(H,19,22)(H2,18,26,27). The number of nitrogens with one attached hydrogen (secondary N) is 2. The van der Waals surface area contributed by atoms with Gasteiger partial charge in [0.2, 0.25) is 10.0 Å². The predicted molar refractivity (Wildman–Crippen MR) is 105 cm³/mol. The van der Waals surface area contributed by atoms with E-state index in [0.29, 0.717) is 5.76 Å². The number of ether oxygens (including phenoxy) is 1. The molecule has 0 spiro atoms. The number of nitrogens with zero attached hydrogens (tertiary/aromatic N) is 1. The molecule has 0 aliphatic rings. The Morgan fingerprint density at radius 1 is 1.39 bits per heavy atom. The van der Waals surface area contributed by atoms with Gasteiger partial charge in [-0.25, -0.2) is 18.4 Å². The molecule has 1 heterocycles. The zero-order valence-electron chi connectivity index (χ0n) is 15.9. The Hall–Kier alpha value is -3.36. The molecule has 0 radical (unpaired) electrons. The molecule has 0 unspecified atom stereocenters. The molecule has 0 saturated carbocycles. The summed E-state index contributed by atoms with van der Waals surface area (Å²) >= 11 is 6.16. The lowest BCUT2D eigenvalue weighted by Crippen LogP contribution is -2.30. The number of rotatable bonds is 10.